The van der Waals surface area contributed by atoms with E-state index in [2.05, 4.69) is 36.5 Å². The molecule has 98 valence electrons. The first-order valence-corrected chi connectivity index (χ1v) is 7.22. The monoisotopic (exact) mass is 263 g/mol. The van der Waals surface area contributed by atoms with Crippen molar-refractivity contribution in [3.8, 4) is 0 Å². The predicted octanol–water partition coefficient (Wildman–Crippen LogP) is 4.80. The lowest BCUT2D eigenvalue weighted by Crippen LogP contribution is -2.19. The summed E-state index contributed by atoms with van der Waals surface area (Å²) >= 11 is 6.40. The van der Waals surface area contributed by atoms with E-state index < -0.39 is 0 Å². The molecular formula is C16H22ClN. The van der Waals surface area contributed by atoms with Crippen molar-refractivity contribution < 1.29 is 0 Å². The lowest BCUT2D eigenvalue weighted by Gasteiger charge is -2.21. The first-order chi connectivity index (χ1) is 8.72. The van der Waals surface area contributed by atoms with Gasteiger partial charge in [0.15, 0.2) is 0 Å². The Morgan fingerprint density at radius 2 is 2.06 bits per heavy atom. The topological polar surface area (TPSA) is 12.0 Å². The van der Waals surface area contributed by atoms with Gasteiger partial charge in [0.1, 0.15) is 0 Å². The average Bonchev–Trinajstić information content (AvgIpc) is 2.62. The molecule has 1 N–H and O–H groups in total. The fourth-order valence-electron chi connectivity index (χ4n) is 2.71. The largest absolute Gasteiger partial charge is 0.310 e. The number of hydrogen-bond acceptors (Lipinski definition) is 1. The zero-order valence-electron chi connectivity index (χ0n) is 11.3. The van der Waals surface area contributed by atoms with Crippen LogP contribution in [0.15, 0.2) is 29.8 Å². The Kier molecular flexibility index (Phi) is 4.85. The summed E-state index contributed by atoms with van der Waals surface area (Å²) in [5.74, 6) is 0. The van der Waals surface area contributed by atoms with E-state index >= 15 is 0 Å². The van der Waals surface area contributed by atoms with Crippen molar-refractivity contribution in [3.05, 3.63) is 46.0 Å². The van der Waals surface area contributed by atoms with E-state index in [0.717, 1.165) is 5.02 Å². The van der Waals surface area contributed by atoms with Crippen molar-refractivity contribution in [1.82, 2.24) is 5.32 Å². The summed E-state index contributed by atoms with van der Waals surface area (Å²) < 4.78 is 0. The molecule has 1 aromatic rings. The predicted molar refractivity (Wildman–Crippen MR) is 79.2 cm³/mol. The number of benzene rings is 1. The molecule has 1 unspecified atom stereocenters. The Morgan fingerprint density at radius 3 is 2.78 bits per heavy atom. The lowest BCUT2D eigenvalue weighted by molar-refractivity contribution is 0.629. The highest BCUT2D eigenvalue weighted by Crippen LogP contribution is 2.33. The van der Waals surface area contributed by atoms with Gasteiger partial charge in [-0.3, -0.25) is 0 Å². The van der Waals surface area contributed by atoms with E-state index in [1.165, 1.54) is 48.8 Å². The van der Waals surface area contributed by atoms with Crippen LogP contribution in [0.5, 0.6) is 0 Å². The van der Waals surface area contributed by atoms with Gasteiger partial charge in [-0.15, -0.1) is 0 Å². The Balaban J connectivity index is 2.29. The number of likely N-dealkylation sites (N-methyl/N-ethyl adjacent to an activating group) is 1. The molecule has 0 heterocycles. The molecule has 0 aromatic heterocycles. The maximum Gasteiger partial charge on any atom is 0.0548 e. The molecule has 0 saturated heterocycles. The van der Waals surface area contributed by atoms with E-state index in [4.69, 9.17) is 11.6 Å². The molecule has 0 fully saturated rings. The van der Waals surface area contributed by atoms with Crippen LogP contribution >= 0.6 is 11.6 Å². The second-order valence-electron chi connectivity index (χ2n) is 5.13. The summed E-state index contributed by atoms with van der Waals surface area (Å²) in [5, 5.41) is 4.30. The number of allylic oxidation sites excluding steroid dienone is 1. The summed E-state index contributed by atoms with van der Waals surface area (Å²) in [5.41, 5.74) is 3.92. The molecule has 1 aliphatic carbocycles. The number of halogens is 1. The van der Waals surface area contributed by atoms with Crippen LogP contribution in [-0.2, 0) is 0 Å². The molecule has 0 radical (unpaired) electrons. The molecule has 2 heteroatoms. The van der Waals surface area contributed by atoms with Gasteiger partial charge < -0.3 is 5.32 Å². The number of nitrogens with one attached hydrogen (secondary N) is 1. The van der Waals surface area contributed by atoms with Crippen molar-refractivity contribution in [1.29, 1.82) is 0 Å². The molecule has 0 saturated carbocycles. The van der Waals surface area contributed by atoms with Crippen molar-refractivity contribution in [2.45, 2.75) is 45.1 Å². The average molecular weight is 264 g/mol. The standard InChI is InChI=1S/C16H22ClN/c1-12-9-10-14(15(17)11-12)16(18-2)13-7-5-3-4-6-8-13/h7,9-11,16,18H,3-6,8H2,1-2H3. The van der Waals surface area contributed by atoms with Crippen LogP contribution in [0.25, 0.3) is 0 Å². The maximum atomic E-state index is 6.40. The first kappa shape index (κ1) is 13.6. The minimum atomic E-state index is 0.274. The fourth-order valence-corrected chi connectivity index (χ4v) is 3.05. The Bertz CT molecular complexity index is 437. The highest BCUT2D eigenvalue weighted by atomic mass is 35.5. The van der Waals surface area contributed by atoms with Gasteiger partial charge in [-0.2, -0.15) is 0 Å². The maximum absolute atomic E-state index is 6.40. The summed E-state index contributed by atoms with van der Waals surface area (Å²) in [4.78, 5) is 0. The van der Waals surface area contributed by atoms with E-state index in [1.54, 1.807) is 0 Å². The summed E-state index contributed by atoms with van der Waals surface area (Å²) in [7, 11) is 2.02. The lowest BCUT2D eigenvalue weighted by atomic mass is 9.94. The Hall–Kier alpha value is -0.790. The van der Waals surface area contributed by atoms with Crippen LogP contribution in [0.4, 0.5) is 0 Å². The highest BCUT2D eigenvalue weighted by molar-refractivity contribution is 6.31. The molecular weight excluding hydrogens is 242 g/mol. The highest BCUT2D eigenvalue weighted by Gasteiger charge is 2.18. The van der Waals surface area contributed by atoms with Crippen LogP contribution in [0.2, 0.25) is 5.02 Å². The third-order valence-electron chi connectivity index (χ3n) is 3.70. The van der Waals surface area contributed by atoms with E-state index in [9.17, 15) is 0 Å². The molecule has 1 aromatic carbocycles. The zero-order valence-corrected chi connectivity index (χ0v) is 12.1. The summed E-state index contributed by atoms with van der Waals surface area (Å²) in [6.45, 7) is 2.08. The SMILES string of the molecule is CNC(C1=CCCCCC1)c1ccc(C)cc1Cl. The third kappa shape index (κ3) is 3.15. The second-order valence-corrected chi connectivity index (χ2v) is 5.53. The molecule has 0 spiro atoms. The van der Waals surface area contributed by atoms with Gasteiger partial charge in [-0.05, 0) is 56.8 Å². The number of aryl methyl sites for hydroxylation is 1. The van der Waals surface area contributed by atoms with Crippen molar-refractivity contribution in [2.24, 2.45) is 0 Å². The molecule has 1 aliphatic rings. The minimum absolute atomic E-state index is 0.274. The van der Waals surface area contributed by atoms with Crippen LogP contribution in [-0.4, -0.2) is 7.05 Å². The molecule has 0 amide bonds. The van der Waals surface area contributed by atoms with Crippen LogP contribution in [0.3, 0.4) is 0 Å². The summed E-state index contributed by atoms with van der Waals surface area (Å²) in [6.07, 6.45) is 8.77. The Morgan fingerprint density at radius 1 is 1.22 bits per heavy atom. The number of rotatable bonds is 3. The normalized spacial score (nSPS) is 18.1. The molecule has 0 aliphatic heterocycles. The molecule has 1 atom stereocenters. The van der Waals surface area contributed by atoms with Gasteiger partial charge in [0.05, 0.1) is 6.04 Å². The van der Waals surface area contributed by atoms with Crippen molar-refractivity contribution >= 4 is 11.6 Å². The van der Waals surface area contributed by atoms with Crippen LogP contribution in [0.1, 0.15) is 49.3 Å². The van der Waals surface area contributed by atoms with Crippen molar-refractivity contribution in [2.75, 3.05) is 7.05 Å². The molecule has 0 bridgehead atoms. The third-order valence-corrected chi connectivity index (χ3v) is 4.03. The quantitative estimate of drug-likeness (QED) is 0.773. The van der Waals surface area contributed by atoms with E-state index in [1.807, 2.05) is 7.05 Å². The number of hydrogen-bond donors (Lipinski definition) is 1. The molecule has 18 heavy (non-hydrogen) atoms. The fraction of sp³-hybridized carbons (Fsp3) is 0.500. The zero-order chi connectivity index (χ0) is 13.0. The van der Waals surface area contributed by atoms with Crippen LogP contribution < -0.4 is 5.32 Å². The van der Waals surface area contributed by atoms with Gasteiger partial charge in [0.2, 0.25) is 0 Å². The minimum Gasteiger partial charge on any atom is -0.310 e. The molecule has 1 nitrogen and oxygen atoms in total. The van der Waals surface area contributed by atoms with Gasteiger partial charge in [-0.1, -0.05) is 41.8 Å². The summed E-state index contributed by atoms with van der Waals surface area (Å²) in [6, 6.07) is 6.63. The van der Waals surface area contributed by atoms with E-state index in [-0.39, 0.29) is 6.04 Å². The van der Waals surface area contributed by atoms with Crippen molar-refractivity contribution in [3.63, 3.8) is 0 Å². The van der Waals surface area contributed by atoms with Gasteiger partial charge in [-0.25, -0.2) is 0 Å². The van der Waals surface area contributed by atoms with Gasteiger partial charge >= 0.3 is 0 Å². The first-order valence-electron chi connectivity index (χ1n) is 6.84. The van der Waals surface area contributed by atoms with E-state index in [0.29, 0.717) is 0 Å². The van der Waals surface area contributed by atoms with Gasteiger partial charge in [0.25, 0.3) is 0 Å². The Labute approximate surface area is 115 Å². The van der Waals surface area contributed by atoms with Crippen LogP contribution in [0, 0.1) is 6.92 Å². The second kappa shape index (κ2) is 6.40. The molecule has 2 rings (SSSR count). The smallest absolute Gasteiger partial charge is 0.0548 e. The van der Waals surface area contributed by atoms with Gasteiger partial charge in [0, 0.05) is 5.02 Å².